The lowest BCUT2D eigenvalue weighted by molar-refractivity contribution is -0.116. The van der Waals surface area contributed by atoms with Crippen LogP contribution in [0.25, 0.3) is 0 Å². The molecular weight excluding hydrogens is 228 g/mol. The van der Waals surface area contributed by atoms with E-state index in [1.807, 2.05) is 26.0 Å². The van der Waals surface area contributed by atoms with Gasteiger partial charge in [-0.3, -0.25) is 9.59 Å². The quantitative estimate of drug-likeness (QED) is 0.796. The second-order valence-corrected chi connectivity index (χ2v) is 4.88. The molecule has 0 unspecified atom stereocenters. The summed E-state index contributed by atoms with van der Waals surface area (Å²) in [4.78, 5) is 23.2. The van der Waals surface area contributed by atoms with Gasteiger partial charge in [0.25, 0.3) is 0 Å². The molecule has 1 heterocycles. The van der Waals surface area contributed by atoms with E-state index >= 15 is 0 Å². The number of hydrogen-bond donors (Lipinski definition) is 2. The number of anilines is 1. The first-order valence-electron chi connectivity index (χ1n) is 6.25. The molecule has 0 saturated heterocycles. The maximum absolute atomic E-state index is 11.9. The van der Waals surface area contributed by atoms with Gasteiger partial charge in [0.15, 0.2) is 5.78 Å². The average molecular weight is 246 g/mol. The van der Waals surface area contributed by atoms with Crippen molar-refractivity contribution in [1.82, 2.24) is 5.32 Å². The van der Waals surface area contributed by atoms with Crippen LogP contribution in [0.4, 0.5) is 5.69 Å². The Morgan fingerprint density at radius 2 is 2.17 bits per heavy atom. The molecule has 0 saturated carbocycles. The maximum atomic E-state index is 11.9. The topological polar surface area (TPSA) is 58.2 Å². The highest BCUT2D eigenvalue weighted by atomic mass is 16.1. The second kappa shape index (κ2) is 5.31. The fourth-order valence-electron chi connectivity index (χ4n) is 1.96. The van der Waals surface area contributed by atoms with Crippen LogP contribution in [0.15, 0.2) is 18.2 Å². The van der Waals surface area contributed by atoms with Crippen molar-refractivity contribution in [3.05, 3.63) is 29.3 Å². The summed E-state index contributed by atoms with van der Waals surface area (Å²) < 4.78 is 0. The van der Waals surface area contributed by atoms with Gasteiger partial charge in [0.05, 0.1) is 6.54 Å². The fourth-order valence-corrected chi connectivity index (χ4v) is 1.96. The highest BCUT2D eigenvalue weighted by Gasteiger charge is 2.16. The number of nitrogens with one attached hydrogen (secondary N) is 2. The van der Waals surface area contributed by atoms with Gasteiger partial charge in [-0.15, -0.1) is 0 Å². The number of aryl methyl sites for hydroxylation is 1. The van der Waals surface area contributed by atoms with Crippen LogP contribution in [0.2, 0.25) is 0 Å². The van der Waals surface area contributed by atoms with E-state index in [4.69, 9.17) is 0 Å². The van der Waals surface area contributed by atoms with Gasteiger partial charge in [-0.2, -0.15) is 0 Å². The van der Waals surface area contributed by atoms with Gasteiger partial charge in [-0.25, -0.2) is 0 Å². The first kappa shape index (κ1) is 12.8. The van der Waals surface area contributed by atoms with Crippen molar-refractivity contribution in [3.8, 4) is 0 Å². The lowest BCUT2D eigenvalue weighted by Crippen LogP contribution is -2.29. The highest BCUT2D eigenvalue weighted by molar-refractivity contribution is 6.00. The summed E-state index contributed by atoms with van der Waals surface area (Å²) in [6, 6.07) is 5.77. The molecule has 2 rings (SSSR count). The number of ketones is 1. The van der Waals surface area contributed by atoms with Gasteiger partial charge in [-0.1, -0.05) is 13.8 Å². The Morgan fingerprint density at radius 3 is 2.89 bits per heavy atom. The summed E-state index contributed by atoms with van der Waals surface area (Å²) in [5.41, 5.74) is 2.59. The molecule has 1 aromatic carbocycles. The maximum Gasteiger partial charge on any atom is 0.224 e. The van der Waals surface area contributed by atoms with Crippen molar-refractivity contribution in [3.63, 3.8) is 0 Å². The van der Waals surface area contributed by atoms with Crippen LogP contribution in [0.5, 0.6) is 0 Å². The Kier molecular flexibility index (Phi) is 3.77. The van der Waals surface area contributed by atoms with Crippen LogP contribution in [0, 0.1) is 0 Å². The Labute approximate surface area is 107 Å². The first-order valence-corrected chi connectivity index (χ1v) is 6.25. The lowest BCUT2D eigenvalue weighted by Gasteiger charge is -2.17. The van der Waals surface area contributed by atoms with Crippen molar-refractivity contribution in [2.45, 2.75) is 32.7 Å². The van der Waals surface area contributed by atoms with Crippen molar-refractivity contribution in [1.29, 1.82) is 0 Å². The number of benzene rings is 1. The number of carbonyl (C=O) groups excluding carboxylic acids is 2. The molecule has 0 aliphatic carbocycles. The first-order chi connectivity index (χ1) is 8.56. The number of hydrogen-bond acceptors (Lipinski definition) is 3. The molecule has 96 valence electrons. The van der Waals surface area contributed by atoms with Crippen molar-refractivity contribution in [2.75, 3.05) is 11.9 Å². The van der Waals surface area contributed by atoms with E-state index in [1.165, 1.54) is 0 Å². The largest absolute Gasteiger partial charge is 0.326 e. The fraction of sp³-hybridized carbons (Fsp3) is 0.429. The Balaban J connectivity index is 2.11. The van der Waals surface area contributed by atoms with Crippen LogP contribution in [0.3, 0.4) is 0 Å². The molecule has 0 atom stereocenters. The van der Waals surface area contributed by atoms with E-state index in [-0.39, 0.29) is 11.7 Å². The molecule has 1 aliphatic rings. The zero-order chi connectivity index (χ0) is 13.1. The van der Waals surface area contributed by atoms with Crippen LogP contribution >= 0.6 is 0 Å². The zero-order valence-corrected chi connectivity index (χ0v) is 10.7. The van der Waals surface area contributed by atoms with Gasteiger partial charge >= 0.3 is 0 Å². The molecule has 0 aromatic heterocycles. The van der Waals surface area contributed by atoms with Gasteiger partial charge in [-0.05, 0) is 30.2 Å². The lowest BCUT2D eigenvalue weighted by atomic mass is 9.99. The van der Waals surface area contributed by atoms with E-state index < -0.39 is 0 Å². The summed E-state index contributed by atoms with van der Waals surface area (Å²) in [5.74, 6) is 0.131. The van der Waals surface area contributed by atoms with Gasteiger partial charge in [0, 0.05) is 23.7 Å². The standard InChI is InChI=1S/C14H18N2O2/c1-9(2)15-8-13(17)11-3-5-12-10(7-11)4-6-14(18)16-12/h3,5,7,9,15H,4,6,8H2,1-2H3,(H,16,18). The molecule has 4 nitrogen and oxygen atoms in total. The Bertz CT molecular complexity index is 481. The normalized spacial score (nSPS) is 14.3. The Hall–Kier alpha value is -1.68. The van der Waals surface area contributed by atoms with Crippen molar-refractivity contribution < 1.29 is 9.59 Å². The minimum Gasteiger partial charge on any atom is -0.326 e. The van der Waals surface area contributed by atoms with E-state index in [1.54, 1.807) is 6.07 Å². The molecule has 1 aromatic rings. The number of amides is 1. The third-order valence-electron chi connectivity index (χ3n) is 2.99. The molecule has 0 spiro atoms. The van der Waals surface area contributed by atoms with Crippen LogP contribution < -0.4 is 10.6 Å². The molecule has 1 aliphatic heterocycles. The van der Waals surface area contributed by atoms with E-state index in [0.717, 1.165) is 11.3 Å². The summed E-state index contributed by atoms with van der Waals surface area (Å²) >= 11 is 0. The summed E-state index contributed by atoms with van der Waals surface area (Å²) in [6.45, 7) is 4.37. The minimum absolute atomic E-state index is 0.0445. The number of rotatable bonds is 4. The molecule has 0 bridgehead atoms. The Morgan fingerprint density at radius 1 is 1.39 bits per heavy atom. The third-order valence-corrected chi connectivity index (χ3v) is 2.99. The molecule has 1 amide bonds. The van der Waals surface area contributed by atoms with Crippen molar-refractivity contribution in [2.24, 2.45) is 0 Å². The van der Waals surface area contributed by atoms with Gasteiger partial charge < -0.3 is 10.6 Å². The number of Topliss-reactive ketones (excluding diaryl/α,β-unsaturated/α-hetero) is 1. The number of fused-ring (bicyclic) bond motifs is 1. The number of carbonyl (C=O) groups is 2. The van der Waals surface area contributed by atoms with Crippen molar-refractivity contribution >= 4 is 17.4 Å². The third kappa shape index (κ3) is 2.96. The van der Waals surface area contributed by atoms with E-state index in [2.05, 4.69) is 10.6 Å². The molecule has 4 heteroatoms. The molecular formula is C14H18N2O2. The molecule has 18 heavy (non-hydrogen) atoms. The predicted octanol–water partition coefficient (Wildman–Crippen LogP) is 1.75. The van der Waals surface area contributed by atoms with E-state index in [0.29, 0.717) is 31.0 Å². The van der Waals surface area contributed by atoms with Gasteiger partial charge in [0.2, 0.25) is 5.91 Å². The zero-order valence-electron chi connectivity index (χ0n) is 10.7. The van der Waals surface area contributed by atoms with Crippen LogP contribution in [-0.2, 0) is 11.2 Å². The van der Waals surface area contributed by atoms with Crippen LogP contribution in [0.1, 0.15) is 36.2 Å². The van der Waals surface area contributed by atoms with Gasteiger partial charge in [0.1, 0.15) is 0 Å². The SMILES string of the molecule is CC(C)NCC(=O)c1ccc2c(c1)CCC(=O)N2. The predicted molar refractivity (Wildman–Crippen MR) is 70.9 cm³/mol. The molecule has 0 radical (unpaired) electrons. The second-order valence-electron chi connectivity index (χ2n) is 4.88. The van der Waals surface area contributed by atoms with E-state index in [9.17, 15) is 9.59 Å². The summed E-state index contributed by atoms with van der Waals surface area (Å²) in [5, 5.41) is 5.92. The molecule has 2 N–H and O–H groups in total. The van der Waals surface area contributed by atoms with Crippen LogP contribution in [-0.4, -0.2) is 24.3 Å². The summed E-state index contributed by atoms with van der Waals surface area (Å²) in [7, 11) is 0. The monoisotopic (exact) mass is 246 g/mol. The average Bonchev–Trinajstić information content (AvgIpc) is 2.35. The molecule has 0 fully saturated rings. The minimum atomic E-state index is 0.0445. The highest BCUT2D eigenvalue weighted by Crippen LogP contribution is 2.23. The summed E-state index contributed by atoms with van der Waals surface area (Å²) in [6.07, 6.45) is 1.20. The smallest absolute Gasteiger partial charge is 0.224 e.